The molecular formula is C19H30N6O. The molecule has 4 heterocycles. The highest BCUT2D eigenvalue weighted by molar-refractivity contribution is 5.78. The van der Waals surface area contributed by atoms with Crippen LogP contribution in [0.1, 0.15) is 55.2 Å². The molecule has 3 aliphatic heterocycles. The van der Waals surface area contributed by atoms with Crippen LogP contribution >= 0.6 is 0 Å². The standard InChI is InChI=1S/C19H30N6O/c1-20-18-14-12-24(13-17(26)25-9-3-2-4-10-25)11-7-15(14)22-19(23-18)16-6-5-8-21-16/h16,21H,2-13H2,1H3,(H,20,22,23)/t16-/m0/s1. The first kappa shape index (κ1) is 17.7. The van der Waals surface area contributed by atoms with Crippen molar-refractivity contribution in [1.82, 2.24) is 25.1 Å². The van der Waals surface area contributed by atoms with Crippen molar-refractivity contribution >= 4 is 11.7 Å². The van der Waals surface area contributed by atoms with Gasteiger partial charge in [-0.3, -0.25) is 9.69 Å². The van der Waals surface area contributed by atoms with E-state index in [0.29, 0.717) is 6.54 Å². The maximum Gasteiger partial charge on any atom is 0.236 e. The third-order valence-corrected chi connectivity index (χ3v) is 5.83. The third kappa shape index (κ3) is 3.69. The quantitative estimate of drug-likeness (QED) is 0.846. The zero-order valence-corrected chi connectivity index (χ0v) is 15.8. The fourth-order valence-electron chi connectivity index (χ4n) is 4.33. The van der Waals surface area contributed by atoms with E-state index in [9.17, 15) is 4.79 Å². The van der Waals surface area contributed by atoms with Crippen molar-refractivity contribution in [3.8, 4) is 0 Å². The van der Waals surface area contributed by atoms with Crippen LogP contribution in [0.2, 0.25) is 0 Å². The van der Waals surface area contributed by atoms with Gasteiger partial charge in [0.1, 0.15) is 11.6 Å². The van der Waals surface area contributed by atoms with Crippen molar-refractivity contribution in [2.24, 2.45) is 0 Å². The Morgan fingerprint density at radius 1 is 1.19 bits per heavy atom. The second kappa shape index (κ2) is 7.88. The van der Waals surface area contributed by atoms with E-state index >= 15 is 0 Å². The zero-order valence-electron chi connectivity index (χ0n) is 15.8. The molecule has 0 bridgehead atoms. The molecule has 26 heavy (non-hydrogen) atoms. The van der Waals surface area contributed by atoms with Crippen LogP contribution in [0, 0.1) is 0 Å². The summed E-state index contributed by atoms with van der Waals surface area (Å²) in [6.45, 7) is 5.05. The number of carbonyl (C=O) groups excluding carboxylic acids is 1. The Kier molecular flexibility index (Phi) is 5.36. The minimum atomic E-state index is 0.270. The molecule has 1 aromatic rings. The number of fused-ring (bicyclic) bond motifs is 1. The number of anilines is 1. The van der Waals surface area contributed by atoms with Gasteiger partial charge >= 0.3 is 0 Å². The van der Waals surface area contributed by atoms with E-state index in [4.69, 9.17) is 9.97 Å². The van der Waals surface area contributed by atoms with Crippen LogP contribution in [0.25, 0.3) is 0 Å². The lowest BCUT2D eigenvalue weighted by Crippen LogP contribution is -2.44. The minimum Gasteiger partial charge on any atom is -0.373 e. The summed E-state index contributed by atoms with van der Waals surface area (Å²) < 4.78 is 0. The van der Waals surface area contributed by atoms with Crippen molar-refractivity contribution in [2.45, 2.75) is 51.1 Å². The van der Waals surface area contributed by atoms with Crippen molar-refractivity contribution in [1.29, 1.82) is 0 Å². The summed E-state index contributed by atoms with van der Waals surface area (Å²) in [6, 6.07) is 0.283. The Bertz CT molecular complexity index is 634. The molecule has 7 nitrogen and oxygen atoms in total. The molecule has 2 saturated heterocycles. The summed E-state index contributed by atoms with van der Waals surface area (Å²) in [5.41, 5.74) is 2.31. The lowest BCUT2D eigenvalue weighted by Gasteiger charge is -2.32. The lowest BCUT2D eigenvalue weighted by atomic mass is 10.0. The monoisotopic (exact) mass is 358 g/mol. The number of hydrogen-bond acceptors (Lipinski definition) is 6. The zero-order chi connectivity index (χ0) is 17.9. The summed E-state index contributed by atoms with van der Waals surface area (Å²) in [7, 11) is 1.92. The number of amides is 1. The topological polar surface area (TPSA) is 73.4 Å². The molecular weight excluding hydrogens is 328 g/mol. The van der Waals surface area contributed by atoms with Crippen molar-refractivity contribution in [2.75, 3.05) is 45.1 Å². The number of aromatic nitrogens is 2. The third-order valence-electron chi connectivity index (χ3n) is 5.83. The predicted octanol–water partition coefficient (Wildman–Crippen LogP) is 1.31. The van der Waals surface area contributed by atoms with Crippen molar-refractivity contribution in [3.63, 3.8) is 0 Å². The first-order valence-electron chi connectivity index (χ1n) is 10.1. The molecule has 1 aromatic heterocycles. The van der Waals surface area contributed by atoms with Crippen LogP contribution in [0.3, 0.4) is 0 Å². The molecule has 3 aliphatic rings. The molecule has 0 saturated carbocycles. The van der Waals surface area contributed by atoms with Crippen LogP contribution in [0.15, 0.2) is 0 Å². The fraction of sp³-hybridized carbons (Fsp3) is 0.737. The number of rotatable bonds is 4. The molecule has 0 radical (unpaired) electrons. The smallest absolute Gasteiger partial charge is 0.236 e. The lowest BCUT2D eigenvalue weighted by molar-refractivity contribution is -0.133. The Hall–Kier alpha value is -1.73. The Balaban J connectivity index is 1.46. The van der Waals surface area contributed by atoms with Gasteiger partial charge in [0, 0.05) is 45.2 Å². The van der Waals surface area contributed by atoms with E-state index in [1.807, 2.05) is 11.9 Å². The maximum absolute atomic E-state index is 12.6. The fourth-order valence-corrected chi connectivity index (χ4v) is 4.33. The van der Waals surface area contributed by atoms with Gasteiger partial charge in [-0.1, -0.05) is 0 Å². The molecule has 2 N–H and O–H groups in total. The van der Waals surface area contributed by atoms with Crippen molar-refractivity contribution in [3.05, 3.63) is 17.1 Å². The minimum absolute atomic E-state index is 0.270. The number of nitrogens with zero attached hydrogens (tertiary/aromatic N) is 4. The van der Waals surface area contributed by atoms with Gasteiger partial charge in [0.2, 0.25) is 5.91 Å². The predicted molar refractivity (Wildman–Crippen MR) is 101 cm³/mol. The van der Waals surface area contributed by atoms with Crippen LogP contribution in [0.4, 0.5) is 5.82 Å². The van der Waals surface area contributed by atoms with Crippen LogP contribution in [-0.4, -0.2) is 65.4 Å². The van der Waals surface area contributed by atoms with Crippen LogP contribution in [0.5, 0.6) is 0 Å². The molecule has 0 unspecified atom stereocenters. The first-order valence-corrected chi connectivity index (χ1v) is 10.1. The number of likely N-dealkylation sites (tertiary alicyclic amines) is 1. The molecule has 0 spiro atoms. The van der Waals surface area contributed by atoms with E-state index in [1.165, 1.54) is 12.8 Å². The molecule has 142 valence electrons. The first-order chi connectivity index (χ1) is 12.7. The summed E-state index contributed by atoms with van der Waals surface area (Å²) in [5.74, 6) is 2.11. The molecule has 1 amide bonds. The average Bonchev–Trinajstić information content (AvgIpc) is 3.22. The second-order valence-corrected chi connectivity index (χ2v) is 7.66. The van der Waals surface area contributed by atoms with Gasteiger partial charge in [0.25, 0.3) is 0 Å². The van der Waals surface area contributed by atoms with Gasteiger partial charge in [0.15, 0.2) is 0 Å². The summed E-state index contributed by atoms with van der Waals surface area (Å²) >= 11 is 0. The number of carbonyl (C=O) groups is 1. The highest BCUT2D eigenvalue weighted by Crippen LogP contribution is 2.28. The molecule has 4 rings (SSSR count). The Labute approximate surface area is 155 Å². The van der Waals surface area contributed by atoms with E-state index in [-0.39, 0.29) is 11.9 Å². The van der Waals surface area contributed by atoms with Gasteiger partial charge in [-0.05, 0) is 38.6 Å². The van der Waals surface area contributed by atoms with Gasteiger partial charge in [-0.25, -0.2) is 9.97 Å². The van der Waals surface area contributed by atoms with Gasteiger partial charge in [0.05, 0.1) is 18.3 Å². The van der Waals surface area contributed by atoms with E-state index in [0.717, 1.165) is 81.3 Å². The Morgan fingerprint density at radius 3 is 2.77 bits per heavy atom. The maximum atomic E-state index is 12.6. The van der Waals surface area contributed by atoms with E-state index in [1.54, 1.807) is 0 Å². The molecule has 0 aromatic carbocycles. The summed E-state index contributed by atoms with van der Waals surface area (Å²) in [4.78, 5) is 26.5. The van der Waals surface area contributed by atoms with Crippen LogP contribution < -0.4 is 10.6 Å². The molecule has 0 aliphatic carbocycles. The number of piperidine rings is 1. The van der Waals surface area contributed by atoms with Crippen LogP contribution in [-0.2, 0) is 17.8 Å². The average molecular weight is 358 g/mol. The van der Waals surface area contributed by atoms with E-state index < -0.39 is 0 Å². The highest BCUT2D eigenvalue weighted by atomic mass is 16.2. The van der Waals surface area contributed by atoms with Gasteiger partial charge in [-0.2, -0.15) is 0 Å². The largest absolute Gasteiger partial charge is 0.373 e. The SMILES string of the molecule is CNc1nc([C@@H]2CCCN2)nc2c1CN(CC(=O)N1CCCCC1)CC2. The number of hydrogen-bond donors (Lipinski definition) is 2. The van der Waals surface area contributed by atoms with E-state index in [2.05, 4.69) is 15.5 Å². The van der Waals surface area contributed by atoms with Gasteiger partial charge in [-0.15, -0.1) is 0 Å². The molecule has 2 fully saturated rings. The highest BCUT2D eigenvalue weighted by Gasteiger charge is 2.27. The Morgan fingerprint density at radius 2 is 2.04 bits per heavy atom. The summed E-state index contributed by atoms with van der Waals surface area (Å²) in [5, 5.41) is 6.74. The summed E-state index contributed by atoms with van der Waals surface area (Å²) in [6.07, 6.45) is 6.72. The second-order valence-electron chi connectivity index (χ2n) is 7.66. The normalized spacial score (nSPS) is 23.7. The molecule has 1 atom stereocenters. The van der Waals surface area contributed by atoms with Gasteiger partial charge < -0.3 is 15.5 Å². The number of nitrogens with one attached hydrogen (secondary N) is 2. The molecule has 7 heteroatoms. The van der Waals surface area contributed by atoms with Crippen molar-refractivity contribution < 1.29 is 4.79 Å².